The van der Waals surface area contributed by atoms with E-state index in [9.17, 15) is 0 Å². The quantitative estimate of drug-likeness (QED) is 0.619. The summed E-state index contributed by atoms with van der Waals surface area (Å²) in [4.78, 5) is 0. The van der Waals surface area contributed by atoms with Crippen LogP contribution >= 0.6 is 0 Å². The van der Waals surface area contributed by atoms with Gasteiger partial charge in [-0.15, -0.1) is 0 Å². The summed E-state index contributed by atoms with van der Waals surface area (Å²) in [6.45, 7) is 0.270. The minimum Gasteiger partial charge on any atom is -0.371 e. The first-order chi connectivity index (χ1) is 5.43. The van der Waals surface area contributed by atoms with Crippen LogP contribution in [0.4, 0.5) is 0 Å². The van der Waals surface area contributed by atoms with Crippen LogP contribution in [0.15, 0.2) is 36.0 Å². The Balaban J connectivity index is 2.42. The summed E-state index contributed by atoms with van der Waals surface area (Å²) in [5.41, 5.74) is 1.09. The van der Waals surface area contributed by atoms with E-state index in [1.165, 1.54) is 0 Å². The van der Waals surface area contributed by atoms with Gasteiger partial charge >= 0.3 is 0 Å². The van der Waals surface area contributed by atoms with Gasteiger partial charge in [0.2, 0.25) is 0 Å². The molecular weight excluding hydrogens is 140 g/mol. The van der Waals surface area contributed by atoms with Crippen LogP contribution in [0.25, 0.3) is 0 Å². The van der Waals surface area contributed by atoms with Crippen LogP contribution in [0.5, 0.6) is 0 Å². The van der Waals surface area contributed by atoms with E-state index >= 15 is 0 Å². The van der Waals surface area contributed by atoms with E-state index in [1.54, 1.807) is 0 Å². The van der Waals surface area contributed by atoms with Crippen molar-refractivity contribution in [1.82, 2.24) is 0 Å². The second-order valence-corrected chi connectivity index (χ2v) is 2.29. The van der Waals surface area contributed by atoms with Gasteiger partial charge in [-0.2, -0.15) is 0 Å². The Morgan fingerprint density at radius 1 is 1.45 bits per heavy atom. The van der Waals surface area contributed by atoms with Gasteiger partial charge in [0.25, 0.3) is 0 Å². The monoisotopic (exact) mass is 152 g/mol. The number of rotatable bonds is 3. The van der Waals surface area contributed by atoms with Gasteiger partial charge in [0.05, 0.1) is 6.61 Å². The maximum atomic E-state index is 8.38. The number of hydrogen-bond donors (Lipinski definition) is 1. The lowest BCUT2D eigenvalue weighted by atomic mass is 10.2. The van der Waals surface area contributed by atoms with Crippen molar-refractivity contribution in [2.45, 2.75) is 6.42 Å². The maximum Gasteiger partial charge on any atom is 0.144 e. The zero-order chi connectivity index (χ0) is 7.94. The molecule has 1 aliphatic rings. The highest BCUT2D eigenvalue weighted by Gasteiger charge is 1.91. The summed E-state index contributed by atoms with van der Waals surface area (Å²) in [6.07, 6.45) is 11.1. The average molecular weight is 152 g/mol. The lowest BCUT2D eigenvalue weighted by Gasteiger charge is -1.98. The first-order valence-corrected chi connectivity index (χ1v) is 3.64. The predicted octanol–water partition coefficient (Wildman–Crippen LogP) is 1.40. The van der Waals surface area contributed by atoms with Crippen LogP contribution in [0.2, 0.25) is 0 Å². The van der Waals surface area contributed by atoms with Gasteiger partial charge in [-0.3, -0.25) is 0 Å². The smallest absolute Gasteiger partial charge is 0.144 e. The summed E-state index contributed by atoms with van der Waals surface area (Å²) in [5.74, 6) is 0. The van der Waals surface area contributed by atoms with Crippen LogP contribution in [0.1, 0.15) is 6.42 Å². The van der Waals surface area contributed by atoms with Crippen molar-refractivity contribution in [3.63, 3.8) is 0 Å². The molecule has 0 heterocycles. The van der Waals surface area contributed by atoms with Crippen molar-refractivity contribution < 1.29 is 9.84 Å². The molecule has 0 spiro atoms. The highest BCUT2D eigenvalue weighted by Crippen LogP contribution is 2.04. The number of hydrogen-bond acceptors (Lipinski definition) is 2. The lowest BCUT2D eigenvalue weighted by Crippen LogP contribution is -1.96. The third-order valence-corrected chi connectivity index (χ3v) is 1.41. The number of ether oxygens (including phenoxy) is 1. The highest BCUT2D eigenvalue weighted by molar-refractivity contribution is 5.27. The number of aliphatic hydroxyl groups is 1. The Bertz CT molecular complexity index is 190. The fraction of sp³-hybridized carbons (Fsp3) is 0.333. The van der Waals surface area contributed by atoms with Gasteiger partial charge in [0.15, 0.2) is 0 Å². The molecule has 1 aliphatic carbocycles. The van der Waals surface area contributed by atoms with E-state index < -0.39 is 0 Å². The van der Waals surface area contributed by atoms with Crippen LogP contribution in [-0.2, 0) is 4.74 Å². The van der Waals surface area contributed by atoms with Gasteiger partial charge in [0, 0.05) is 0 Å². The molecule has 0 unspecified atom stereocenters. The topological polar surface area (TPSA) is 29.5 Å². The Labute approximate surface area is 66.5 Å². The summed E-state index contributed by atoms with van der Waals surface area (Å²) in [7, 11) is 0. The Kier molecular flexibility index (Phi) is 3.65. The summed E-state index contributed by atoms with van der Waals surface area (Å²) in [5, 5.41) is 8.38. The zero-order valence-electron chi connectivity index (χ0n) is 6.36. The van der Waals surface area contributed by atoms with E-state index in [2.05, 4.69) is 12.2 Å². The first-order valence-electron chi connectivity index (χ1n) is 3.64. The van der Waals surface area contributed by atoms with Gasteiger partial charge in [0.1, 0.15) is 6.79 Å². The second kappa shape index (κ2) is 4.88. The number of allylic oxidation sites excluding steroid dienone is 4. The molecule has 0 atom stereocenters. The molecule has 2 nitrogen and oxygen atoms in total. The minimum absolute atomic E-state index is 0.213. The molecule has 0 saturated carbocycles. The van der Waals surface area contributed by atoms with E-state index in [0.717, 1.165) is 12.0 Å². The Morgan fingerprint density at radius 2 is 2.36 bits per heavy atom. The van der Waals surface area contributed by atoms with E-state index in [-0.39, 0.29) is 6.79 Å². The zero-order valence-corrected chi connectivity index (χ0v) is 6.36. The predicted molar refractivity (Wildman–Crippen MR) is 44.0 cm³/mol. The van der Waals surface area contributed by atoms with Gasteiger partial charge < -0.3 is 9.84 Å². The summed E-state index contributed by atoms with van der Waals surface area (Å²) in [6, 6.07) is 0. The molecular formula is C9H12O2. The SMILES string of the molecule is OCOCC1=CC=CCC=C1. The third-order valence-electron chi connectivity index (χ3n) is 1.41. The second-order valence-electron chi connectivity index (χ2n) is 2.29. The molecule has 2 heteroatoms. The molecule has 1 rings (SSSR count). The molecule has 0 radical (unpaired) electrons. The van der Waals surface area contributed by atoms with Crippen molar-refractivity contribution >= 4 is 0 Å². The van der Waals surface area contributed by atoms with Crippen LogP contribution in [0.3, 0.4) is 0 Å². The van der Waals surface area contributed by atoms with Crippen LogP contribution in [0, 0.1) is 0 Å². The number of aliphatic hydroxyl groups excluding tert-OH is 1. The van der Waals surface area contributed by atoms with Crippen LogP contribution in [-0.4, -0.2) is 18.5 Å². The Hall–Kier alpha value is -0.860. The molecule has 1 N–H and O–H groups in total. The largest absolute Gasteiger partial charge is 0.371 e. The fourth-order valence-electron chi connectivity index (χ4n) is 0.883. The van der Waals surface area contributed by atoms with E-state index in [4.69, 9.17) is 9.84 Å². The summed E-state index contributed by atoms with van der Waals surface area (Å²) >= 11 is 0. The molecule has 11 heavy (non-hydrogen) atoms. The molecule has 0 aliphatic heterocycles. The first kappa shape index (κ1) is 8.24. The van der Waals surface area contributed by atoms with Gasteiger partial charge in [-0.25, -0.2) is 0 Å². The standard InChI is InChI=1S/C9H12O2/c10-8-11-7-9-5-3-1-2-4-6-9/h1,3-6,10H,2,7-8H2. The highest BCUT2D eigenvalue weighted by atomic mass is 16.6. The van der Waals surface area contributed by atoms with Gasteiger partial charge in [-0.05, 0) is 12.0 Å². The van der Waals surface area contributed by atoms with Gasteiger partial charge in [-0.1, -0.05) is 30.4 Å². The van der Waals surface area contributed by atoms with Crippen molar-refractivity contribution in [3.05, 3.63) is 36.0 Å². The molecule has 0 amide bonds. The molecule has 0 saturated heterocycles. The molecule has 60 valence electrons. The van der Waals surface area contributed by atoms with Crippen molar-refractivity contribution in [3.8, 4) is 0 Å². The molecule has 0 bridgehead atoms. The summed E-state index contributed by atoms with van der Waals surface area (Å²) < 4.78 is 4.83. The normalized spacial score (nSPS) is 16.3. The third kappa shape index (κ3) is 3.16. The average Bonchev–Trinajstić information content (AvgIpc) is 2.28. The molecule has 0 aromatic heterocycles. The Morgan fingerprint density at radius 3 is 3.18 bits per heavy atom. The molecule has 0 fully saturated rings. The van der Waals surface area contributed by atoms with Crippen molar-refractivity contribution in [1.29, 1.82) is 0 Å². The molecule has 0 aromatic rings. The van der Waals surface area contributed by atoms with Crippen molar-refractivity contribution in [2.75, 3.05) is 13.4 Å². The van der Waals surface area contributed by atoms with E-state index in [0.29, 0.717) is 6.61 Å². The van der Waals surface area contributed by atoms with E-state index in [1.807, 2.05) is 18.2 Å². The van der Waals surface area contributed by atoms with Crippen LogP contribution < -0.4 is 0 Å². The molecule has 0 aromatic carbocycles. The van der Waals surface area contributed by atoms with Crippen molar-refractivity contribution in [2.24, 2.45) is 0 Å². The minimum atomic E-state index is -0.213. The fourth-order valence-corrected chi connectivity index (χ4v) is 0.883. The lowest BCUT2D eigenvalue weighted by molar-refractivity contribution is 0.0110. The maximum absolute atomic E-state index is 8.38.